The fourth-order valence-corrected chi connectivity index (χ4v) is 1.53. The van der Waals surface area contributed by atoms with Crippen molar-refractivity contribution in [3.63, 3.8) is 0 Å². The Kier molecular flexibility index (Phi) is 4.39. The number of aryl methyl sites for hydroxylation is 1. The van der Waals surface area contributed by atoms with E-state index in [0.717, 1.165) is 22.2 Å². The molecule has 0 unspecified atom stereocenters. The number of carbonyl (C=O) groups excluding carboxylic acids is 1. The van der Waals surface area contributed by atoms with Crippen molar-refractivity contribution in [2.24, 2.45) is 0 Å². The van der Waals surface area contributed by atoms with E-state index in [0.29, 0.717) is 11.3 Å². The molecule has 1 amide bonds. The summed E-state index contributed by atoms with van der Waals surface area (Å²) in [7, 11) is 0. The average molecular weight is 238 g/mol. The van der Waals surface area contributed by atoms with Crippen LogP contribution in [0.15, 0.2) is 36.4 Å². The number of anilines is 1. The Balaban J connectivity index is 2.56. The van der Waals surface area contributed by atoms with Crippen LogP contribution >= 0.6 is 12.1 Å². The molecule has 0 aliphatic heterocycles. The van der Waals surface area contributed by atoms with Crippen molar-refractivity contribution in [3.8, 4) is 0 Å². The van der Waals surface area contributed by atoms with Crippen LogP contribution in [0.2, 0.25) is 0 Å². The topological polar surface area (TPSA) is 52.6 Å². The lowest BCUT2D eigenvalue weighted by Crippen LogP contribution is -2.23. The minimum atomic E-state index is -0.309. The van der Waals surface area contributed by atoms with Crippen LogP contribution in [0.5, 0.6) is 0 Å². The summed E-state index contributed by atoms with van der Waals surface area (Å²) in [5, 5.41) is 9.63. The van der Waals surface area contributed by atoms with E-state index in [1.807, 2.05) is 19.1 Å². The molecule has 1 rings (SSSR count). The van der Waals surface area contributed by atoms with Gasteiger partial charge < -0.3 is 0 Å². The first kappa shape index (κ1) is 12.6. The van der Waals surface area contributed by atoms with Gasteiger partial charge in [0.25, 0.3) is 5.91 Å². The van der Waals surface area contributed by atoms with Crippen molar-refractivity contribution in [1.29, 1.82) is 0 Å². The number of carbonyl (C=O) groups is 1. The molecule has 0 aliphatic rings. The summed E-state index contributed by atoms with van der Waals surface area (Å²) >= 11 is 0.803. The third-order valence-electron chi connectivity index (χ3n) is 1.83. The predicted octanol–water partition coefficient (Wildman–Crippen LogP) is 2.45. The Morgan fingerprint density at radius 1 is 1.56 bits per heavy atom. The number of hydrogen-bond acceptors (Lipinski definition) is 4. The molecule has 16 heavy (non-hydrogen) atoms. The number of benzene rings is 1. The zero-order valence-corrected chi connectivity index (χ0v) is 10.0. The van der Waals surface area contributed by atoms with E-state index in [2.05, 4.69) is 11.3 Å². The van der Waals surface area contributed by atoms with Gasteiger partial charge in [-0.15, -0.1) is 0 Å². The number of rotatable bonds is 4. The van der Waals surface area contributed by atoms with E-state index in [1.165, 1.54) is 0 Å². The van der Waals surface area contributed by atoms with Gasteiger partial charge in [-0.3, -0.25) is 14.7 Å². The molecule has 0 radical (unpaired) electrons. The summed E-state index contributed by atoms with van der Waals surface area (Å²) in [6.45, 7) is 7.02. The SMILES string of the molecule is C=C(C)C(=O)NSN(O)c1cccc(C)c1. The Labute approximate surface area is 99.2 Å². The van der Waals surface area contributed by atoms with Crippen LogP contribution in [0.25, 0.3) is 0 Å². The third kappa shape index (κ3) is 3.60. The van der Waals surface area contributed by atoms with Crippen LogP contribution < -0.4 is 9.19 Å². The Hall–Kier alpha value is -1.46. The molecule has 5 heteroatoms. The maximum Gasteiger partial charge on any atom is 0.257 e. The number of hydrogen-bond donors (Lipinski definition) is 2. The van der Waals surface area contributed by atoms with Crippen molar-refractivity contribution < 1.29 is 10.0 Å². The van der Waals surface area contributed by atoms with E-state index in [1.54, 1.807) is 19.1 Å². The quantitative estimate of drug-likeness (QED) is 0.480. The molecule has 86 valence electrons. The molecular weight excluding hydrogens is 224 g/mol. The number of amides is 1. The molecule has 1 aromatic rings. The van der Waals surface area contributed by atoms with Gasteiger partial charge in [0.05, 0.1) is 17.8 Å². The van der Waals surface area contributed by atoms with Crippen LogP contribution in [0.3, 0.4) is 0 Å². The molecule has 0 saturated carbocycles. The minimum Gasteiger partial charge on any atom is -0.277 e. The second kappa shape index (κ2) is 5.58. The molecular formula is C11H14N2O2S. The highest BCUT2D eigenvalue weighted by Crippen LogP contribution is 2.19. The summed E-state index contributed by atoms with van der Waals surface area (Å²) in [5.41, 5.74) is 2.03. The maximum absolute atomic E-state index is 11.2. The summed E-state index contributed by atoms with van der Waals surface area (Å²) in [4.78, 5) is 11.2. The monoisotopic (exact) mass is 238 g/mol. The van der Waals surface area contributed by atoms with E-state index in [-0.39, 0.29) is 5.91 Å². The summed E-state index contributed by atoms with van der Waals surface area (Å²) in [6, 6.07) is 7.30. The number of nitrogens with zero attached hydrogens (tertiary/aromatic N) is 1. The zero-order valence-electron chi connectivity index (χ0n) is 9.23. The number of nitrogens with one attached hydrogen (secondary N) is 1. The van der Waals surface area contributed by atoms with Crippen molar-refractivity contribution in [2.45, 2.75) is 13.8 Å². The van der Waals surface area contributed by atoms with Gasteiger partial charge in [-0.25, -0.2) is 0 Å². The zero-order chi connectivity index (χ0) is 12.1. The minimum absolute atomic E-state index is 0.309. The largest absolute Gasteiger partial charge is 0.277 e. The molecule has 4 nitrogen and oxygen atoms in total. The highest BCUT2D eigenvalue weighted by atomic mass is 32.2. The van der Waals surface area contributed by atoms with E-state index >= 15 is 0 Å². The summed E-state index contributed by atoms with van der Waals surface area (Å²) in [5.74, 6) is -0.309. The Morgan fingerprint density at radius 2 is 2.25 bits per heavy atom. The first-order valence-corrected chi connectivity index (χ1v) is 5.46. The van der Waals surface area contributed by atoms with Crippen LogP contribution in [0, 0.1) is 6.92 Å². The fourth-order valence-electron chi connectivity index (χ4n) is 0.971. The van der Waals surface area contributed by atoms with Gasteiger partial charge in [-0.2, -0.15) is 4.47 Å². The maximum atomic E-state index is 11.2. The van der Waals surface area contributed by atoms with Gasteiger partial charge in [-0.05, 0) is 31.5 Å². The average Bonchev–Trinajstić information content (AvgIpc) is 2.25. The molecule has 0 atom stereocenters. The summed E-state index contributed by atoms with van der Waals surface area (Å²) in [6.07, 6.45) is 0. The van der Waals surface area contributed by atoms with Crippen molar-refractivity contribution in [2.75, 3.05) is 4.47 Å². The van der Waals surface area contributed by atoms with Crippen molar-refractivity contribution >= 4 is 23.7 Å². The lowest BCUT2D eigenvalue weighted by atomic mass is 10.2. The molecule has 0 aliphatic carbocycles. The van der Waals surface area contributed by atoms with Crippen molar-refractivity contribution in [3.05, 3.63) is 42.0 Å². The molecule has 0 spiro atoms. The fraction of sp³-hybridized carbons (Fsp3) is 0.182. The molecule has 0 aromatic heterocycles. The smallest absolute Gasteiger partial charge is 0.257 e. The first-order valence-electron chi connectivity index (χ1n) is 4.69. The lowest BCUT2D eigenvalue weighted by Gasteiger charge is -2.15. The Bertz CT molecular complexity index is 407. The lowest BCUT2D eigenvalue weighted by molar-refractivity contribution is -0.115. The molecule has 2 N–H and O–H groups in total. The standard InChI is InChI=1S/C11H14N2O2S/c1-8(2)11(14)12-16-13(15)10-6-4-5-9(3)7-10/h4-7,15H,1H2,2-3H3,(H,12,14). The van der Waals surface area contributed by atoms with Crippen LogP contribution in [0.1, 0.15) is 12.5 Å². The molecule has 0 heterocycles. The first-order chi connectivity index (χ1) is 7.50. The van der Waals surface area contributed by atoms with Gasteiger partial charge in [0.15, 0.2) is 0 Å². The Morgan fingerprint density at radius 3 is 2.81 bits per heavy atom. The second-order valence-corrected chi connectivity index (χ2v) is 4.15. The third-order valence-corrected chi connectivity index (χ3v) is 2.50. The summed E-state index contributed by atoms with van der Waals surface area (Å²) < 4.78 is 3.35. The van der Waals surface area contributed by atoms with Gasteiger partial charge in [-0.1, -0.05) is 18.7 Å². The van der Waals surface area contributed by atoms with Crippen LogP contribution in [0.4, 0.5) is 5.69 Å². The van der Waals surface area contributed by atoms with Gasteiger partial charge in [0.1, 0.15) is 0 Å². The molecule has 0 fully saturated rings. The van der Waals surface area contributed by atoms with Gasteiger partial charge >= 0.3 is 0 Å². The second-order valence-electron chi connectivity index (χ2n) is 3.41. The van der Waals surface area contributed by atoms with Gasteiger partial charge in [0.2, 0.25) is 0 Å². The van der Waals surface area contributed by atoms with Crippen molar-refractivity contribution in [1.82, 2.24) is 4.72 Å². The van der Waals surface area contributed by atoms with Crippen LogP contribution in [-0.2, 0) is 4.79 Å². The predicted molar refractivity (Wildman–Crippen MR) is 66.0 cm³/mol. The highest BCUT2D eigenvalue weighted by molar-refractivity contribution is 7.99. The molecule has 0 saturated heterocycles. The van der Waals surface area contributed by atoms with E-state index in [9.17, 15) is 10.0 Å². The van der Waals surface area contributed by atoms with E-state index in [4.69, 9.17) is 0 Å². The normalized spacial score (nSPS) is 9.69. The highest BCUT2D eigenvalue weighted by Gasteiger charge is 2.07. The molecule has 1 aromatic carbocycles. The molecule has 0 bridgehead atoms. The van der Waals surface area contributed by atoms with E-state index < -0.39 is 0 Å². The van der Waals surface area contributed by atoms with Gasteiger partial charge in [0, 0.05) is 5.57 Å². The van der Waals surface area contributed by atoms with Crippen LogP contribution in [-0.4, -0.2) is 11.1 Å².